The fraction of sp³-hybridized carbons (Fsp3) is 0.625. The van der Waals surface area contributed by atoms with Crippen LogP contribution in [0.3, 0.4) is 0 Å². The first-order chi connectivity index (χ1) is 10.1. The molecule has 5 heteroatoms. The maximum absolute atomic E-state index is 6.03. The molecule has 0 aromatic heterocycles. The van der Waals surface area contributed by atoms with Gasteiger partial charge < -0.3 is 19.9 Å². The minimum atomic E-state index is 0.165. The van der Waals surface area contributed by atoms with Crippen LogP contribution in [0.5, 0.6) is 11.5 Å². The predicted octanol–water partition coefficient (Wildman–Crippen LogP) is 1.81. The number of methoxy groups -OCH3 is 2. The Bertz CT molecular complexity index is 457. The number of rotatable bonds is 5. The Morgan fingerprint density at radius 1 is 1.19 bits per heavy atom. The number of benzene rings is 1. The molecule has 0 saturated carbocycles. The Morgan fingerprint density at radius 2 is 1.81 bits per heavy atom. The summed E-state index contributed by atoms with van der Waals surface area (Å²) in [6, 6.07) is 6.17. The molecule has 0 amide bonds. The minimum Gasteiger partial charge on any atom is -0.493 e. The van der Waals surface area contributed by atoms with Crippen molar-refractivity contribution >= 4 is 0 Å². The van der Waals surface area contributed by atoms with E-state index < -0.39 is 0 Å². The number of ether oxygens (including phenoxy) is 3. The molecule has 1 aliphatic rings. The standard InChI is InChI=1S/C16H26N2O3/c1-11-9-18(10-12(2)21-11)14(8-17)13-5-6-15(19-3)16(7-13)20-4/h5-7,11-12,14H,8-10,17H2,1-4H3. The molecular weight excluding hydrogens is 268 g/mol. The van der Waals surface area contributed by atoms with Gasteiger partial charge in [-0.05, 0) is 31.5 Å². The maximum Gasteiger partial charge on any atom is 0.161 e. The van der Waals surface area contributed by atoms with Gasteiger partial charge in [0.05, 0.1) is 26.4 Å². The van der Waals surface area contributed by atoms with Crippen LogP contribution < -0.4 is 15.2 Å². The van der Waals surface area contributed by atoms with Gasteiger partial charge in [-0.1, -0.05) is 6.07 Å². The highest BCUT2D eigenvalue weighted by Crippen LogP contribution is 2.32. The number of nitrogens with zero attached hydrogens (tertiary/aromatic N) is 1. The van der Waals surface area contributed by atoms with E-state index in [-0.39, 0.29) is 18.2 Å². The molecule has 5 nitrogen and oxygen atoms in total. The molecule has 21 heavy (non-hydrogen) atoms. The van der Waals surface area contributed by atoms with Crippen molar-refractivity contribution in [2.75, 3.05) is 33.9 Å². The predicted molar refractivity (Wildman–Crippen MR) is 82.9 cm³/mol. The van der Waals surface area contributed by atoms with Crippen LogP contribution in [0.4, 0.5) is 0 Å². The number of morpholine rings is 1. The van der Waals surface area contributed by atoms with E-state index in [2.05, 4.69) is 24.8 Å². The molecule has 1 saturated heterocycles. The van der Waals surface area contributed by atoms with Crippen LogP contribution in [-0.2, 0) is 4.74 Å². The SMILES string of the molecule is COc1ccc(C(CN)N2CC(C)OC(C)C2)cc1OC. The maximum atomic E-state index is 6.03. The van der Waals surface area contributed by atoms with Gasteiger partial charge in [0, 0.05) is 25.7 Å². The van der Waals surface area contributed by atoms with E-state index in [1.165, 1.54) is 0 Å². The van der Waals surface area contributed by atoms with Crippen LogP contribution in [0.25, 0.3) is 0 Å². The Kier molecular flexibility index (Phi) is 5.45. The van der Waals surface area contributed by atoms with Crippen LogP contribution in [0.1, 0.15) is 25.5 Å². The van der Waals surface area contributed by atoms with Crippen molar-refractivity contribution in [3.8, 4) is 11.5 Å². The van der Waals surface area contributed by atoms with Gasteiger partial charge in [-0.3, -0.25) is 4.90 Å². The van der Waals surface area contributed by atoms with Crippen LogP contribution in [0.2, 0.25) is 0 Å². The van der Waals surface area contributed by atoms with Gasteiger partial charge in [0.2, 0.25) is 0 Å². The molecule has 3 atom stereocenters. The molecule has 3 unspecified atom stereocenters. The van der Waals surface area contributed by atoms with Gasteiger partial charge in [-0.2, -0.15) is 0 Å². The lowest BCUT2D eigenvalue weighted by atomic mass is 10.0. The van der Waals surface area contributed by atoms with E-state index >= 15 is 0 Å². The zero-order chi connectivity index (χ0) is 15.4. The molecule has 0 radical (unpaired) electrons. The molecule has 2 rings (SSSR count). The molecular formula is C16H26N2O3. The zero-order valence-corrected chi connectivity index (χ0v) is 13.3. The molecule has 1 fully saturated rings. The molecule has 118 valence electrons. The van der Waals surface area contributed by atoms with Gasteiger partial charge in [0.1, 0.15) is 0 Å². The molecule has 0 bridgehead atoms. The first-order valence-electron chi connectivity index (χ1n) is 7.40. The lowest BCUT2D eigenvalue weighted by Crippen LogP contribution is -2.48. The topological polar surface area (TPSA) is 57.0 Å². The van der Waals surface area contributed by atoms with Gasteiger partial charge >= 0.3 is 0 Å². The smallest absolute Gasteiger partial charge is 0.161 e. The van der Waals surface area contributed by atoms with Crippen molar-refractivity contribution in [3.05, 3.63) is 23.8 Å². The minimum absolute atomic E-state index is 0.165. The van der Waals surface area contributed by atoms with Crippen molar-refractivity contribution in [1.82, 2.24) is 4.90 Å². The number of nitrogens with two attached hydrogens (primary N) is 1. The lowest BCUT2D eigenvalue weighted by Gasteiger charge is -2.40. The summed E-state index contributed by atoms with van der Waals surface area (Å²) in [7, 11) is 3.29. The van der Waals surface area contributed by atoms with E-state index in [9.17, 15) is 0 Å². The van der Waals surface area contributed by atoms with E-state index in [4.69, 9.17) is 19.9 Å². The van der Waals surface area contributed by atoms with Crippen LogP contribution in [0, 0.1) is 0 Å². The third kappa shape index (κ3) is 3.67. The fourth-order valence-corrected chi connectivity index (χ4v) is 3.03. The van der Waals surface area contributed by atoms with Crippen molar-refractivity contribution in [2.45, 2.75) is 32.1 Å². The summed E-state index contributed by atoms with van der Waals surface area (Å²) < 4.78 is 16.5. The average molecular weight is 294 g/mol. The highest BCUT2D eigenvalue weighted by atomic mass is 16.5. The highest BCUT2D eigenvalue weighted by molar-refractivity contribution is 5.44. The summed E-state index contributed by atoms with van der Waals surface area (Å²) in [6.45, 7) is 6.55. The first kappa shape index (κ1) is 16.1. The van der Waals surface area contributed by atoms with Crippen molar-refractivity contribution in [2.24, 2.45) is 5.73 Å². The Balaban J connectivity index is 2.24. The molecule has 2 N–H and O–H groups in total. The Labute approximate surface area is 127 Å². The number of hydrogen-bond acceptors (Lipinski definition) is 5. The first-order valence-corrected chi connectivity index (χ1v) is 7.40. The van der Waals surface area contributed by atoms with Crippen LogP contribution in [0.15, 0.2) is 18.2 Å². The third-order valence-electron chi connectivity index (χ3n) is 3.90. The summed E-state index contributed by atoms with van der Waals surface area (Å²) >= 11 is 0. The largest absolute Gasteiger partial charge is 0.493 e. The molecule has 1 heterocycles. The van der Waals surface area contributed by atoms with Crippen LogP contribution in [-0.4, -0.2) is 51.0 Å². The normalized spacial score (nSPS) is 24.6. The number of hydrogen-bond donors (Lipinski definition) is 1. The van der Waals surface area contributed by atoms with E-state index in [0.29, 0.717) is 6.54 Å². The van der Waals surface area contributed by atoms with Crippen molar-refractivity contribution < 1.29 is 14.2 Å². The van der Waals surface area contributed by atoms with Crippen molar-refractivity contribution in [1.29, 1.82) is 0 Å². The second kappa shape index (κ2) is 7.11. The summed E-state index contributed by atoms with van der Waals surface area (Å²) in [4.78, 5) is 2.39. The summed E-state index contributed by atoms with van der Waals surface area (Å²) in [5.74, 6) is 1.48. The molecule has 1 aromatic rings. The summed E-state index contributed by atoms with van der Waals surface area (Å²) in [5, 5.41) is 0. The highest BCUT2D eigenvalue weighted by Gasteiger charge is 2.28. The molecule has 0 spiro atoms. The Hall–Kier alpha value is -1.30. The van der Waals surface area contributed by atoms with Gasteiger partial charge in [-0.25, -0.2) is 0 Å². The zero-order valence-electron chi connectivity index (χ0n) is 13.3. The third-order valence-corrected chi connectivity index (χ3v) is 3.90. The van der Waals surface area contributed by atoms with Crippen molar-refractivity contribution in [3.63, 3.8) is 0 Å². The summed E-state index contributed by atoms with van der Waals surface area (Å²) in [6.07, 6.45) is 0.450. The van der Waals surface area contributed by atoms with E-state index in [1.807, 2.05) is 12.1 Å². The second-order valence-electron chi connectivity index (χ2n) is 5.58. The Morgan fingerprint density at radius 3 is 2.33 bits per heavy atom. The van der Waals surface area contributed by atoms with Gasteiger partial charge in [0.25, 0.3) is 0 Å². The fourth-order valence-electron chi connectivity index (χ4n) is 3.03. The van der Waals surface area contributed by atoms with E-state index in [0.717, 1.165) is 30.2 Å². The molecule has 1 aliphatic heterocycles. The molecule has 1 aromatic carbocycles. The van der Waals surface area contributed by atoms with E-state index in [1.54, 1.807) is 14.2 Å². The van der Waals surface area contributed by atoms with Crippen LogP contribution >= 0.6 is 0 Å². The van der Waals surface area contributed by atoms with Gasteiger partial charge in [0.15, 0.2) is 11.5 Å². The second-order valence-corrected chi connectivity index (χ2v) is 5.58. The van der Waals surface area contributed by atoms with Gasteiger partial charge in [-0.15, -0.1) is 0 Å². The monoisotopic (exact) mass is 294 g/mol. The lowest BCUT2D eigenvalue weighted by molar-refractivity contribution is -0.0799. The average Bonchev–Trinajstić information content (AvgIpc) is 2.46. The quantitative estimate of drug-likeness (QED) is 0.897. The summed E-state index contributed by atoms with van der Waals surface area (Å²) in [5.41, 5.74) is 7.18. The molecule has 0 aliphatic carbocycles.